The van der Waals surface area contributed by atoms with E-state index in [1.165, 1.54) is 12.1 Å². The van der Waals surface area contributed by atoms with Gasteiger partial charge in [0.2, 0.25) is 0 Å². The number of aromatic hydroxyl groups is 2. The standard InChI is InChI=1S/C41H28N2O4/c1-3-25-5-17-35-33(21-25)34-22-26(4-2)6-18-36(34)41(35,27-7-11-29(12-8-27)46-31-15-19-39(44)37(42)23-31)28-9-13-30(14-10-28)47-32-16-20-40(45)38(43)24-32/h1-2,5-24,44-45H,42-43H2. The molecule has 0 bridgehead atoms. The average molecular weight is 613 g/mol. The second-order valence-electron chi connectivity index (χ2n) is 11.3. The number of nitrogens with two attached hydrogens (primary N) is 2. The molecule has 1 aliphatic rings. The Bertz CT molecular complexity index is 2100. The van der Waals surface area contributed by atoms with Crippen LogP contribution < -0.4 is 20.9 Å². The molecule has 0 heterocycles. The van der Waals surface area contributed by atoms with E-state index in [4.69, 9.17) is 33.8 Å². The maximum atomic E-state index is 9.82. The third-order valence-electron chi connectivity index (χ3n) is 8.51. The molecular formula is C41H28N2O4. The van der Waals surface area contributed by atoms with Crippen molar-refractivity contribution in [2.75, 3.05) is 11.5 Å². The number of ether oxygens (including phenoxy) is 2. The van der Waals surface area contributed by atoms with Gasteiger partial charge in [0.1, 0.15) is 34.5 Å². The van der Waals surface area contributed by atoms with Crippen molar-refractivity contribution >= 4 is 11.4 Å². The van der Waals surface area contributed by atoms with Crippen molar-refractivity contribution in [1.82, 2.24) is 0 Å². The zero-order chi connectivity index (χ0) is 32.7. The van der Waals surface area contributed by atoms with Crippen LogP contribution in [-0.4, -0.2) is 10.2 Å². The third-order valence-corrected chi connectivity index (χ3v) is 8.51. The van der Waals surface area contributed by atoms with Gasteiger partial charge in [-0.05, 0) is 106 Å². The van der Waals surface area contributed by atoms with Gasteiger partial charge in [0, 0.05) is 23.3 Å². The summed E-state index contributed by atoms with van der Waals surface area (Å²) in [7, 11) is 0. The summed E-state index contributed by atoms with van der Waals surface area (Å²) in [5.74, 6) is 7.78. The van der Waals surface area contributed by atoms with E-state index in [1.807, 2.05) is 72.8 Å². The lowest BCUT2D eigenvalue weighted by Gasteiger charge is -2.34. The molecule has 0 radical (unpaired) electrons. The Morgan fingerprint density at radius 1 is 0.489 bits per heavy atom. The van der Waals surface area contributed by atoms with E-state index in [0.29, 0.717) is 23.0 Å². The van der Waals surface area contributed by atoms with E-state index in [2.05, 4.69) is 24.0 Å². The molecule has 6 aromatic carbocycles. The highest BCUT2D eigenvalue weighted by Gasteiger charge is 2.46. The third kappa shape index (κ3) is 4.91. The van der Waals surface area contributed by atoms with Gasteiger partial charge in [-0.3, -0.25) is 0 Å². The first-order valence-corrected chi connectivity index (χ1v) is 14.8. The number of fused-ring (bicyclic) bond motifs is 3. The number of benzene rings is 6. The lowest BCUT2D eigenvalue weighted by Crippen LogP contribution is -2.28. The van der Waals surface area contributed by atoms with E-state index >= 15 is 0 Å². The Hall–Kier alpha value is -6.76. The SMILES string of the molecule is C#Cc1ccc2c(c1)-c1cc(C#C)ccc1C2(c1ccc(Oc2ccc(O)c(N)c2)cc1)c1ccc(Oc2ccc(O)c(N)c2)cc1. The summed E-state index contributed by atoms with van der Waals surface area (Å²) in [5, 5.41) is 19.6. The van der Waals surface area contributed by atoms with E-state index < -0.39 is 5.41 Å². The summed E-state index contributed by atoms with van der Waals surface area (Å²) in [6.45, 7) is 0. The van der Waals surface area contributed by atoms with Crippen LogP contribution in [0, 0.1) is 24.7 Å². The van der Waals surface area contributed by atoms with Crippen LogP contribution in [0.4, 0.5) is 11.4 Å². The lowest BCUT2D eigenvalue weighted by molar-refractivity contribution is 0.466. The molecule has 0 saturated carbocycles. The summed E-state index contributed by atoms with van der Waals surface area (Å²) in [5.41, 5.74) is 19.1. The zero-order valence-electron chi connectivity index (χ0n) is 25.1. The quantitative estimate of drug-likeness (QED) is 0.0857. The van der Waals surface area contributed by atoms with Crippen molar-refractivity contribution in [2.45, 2.75) is 5.41 Å². The highest BCUT2D eigenvalue weighted by molar-refractivity contribution is 5.87. The number of phenols is 2. The van der Waals surface area contributed by atoms with E-state index in [9.17, 15) is 10.2 Å². The van der Waals surface area contributed by atoms with Crippen molar-refractivity contribution in [3.05, 3.63) is 155 Å². The second-order valence-corrected chi connectivity index (χ2v) is 11.3. The largest absolute Gasteiger partial charge is 0.506 e. The first-order chi connectivity index (χ1) is 22.8. The molecule has 226 valence electrons. The van der Waals surface area contributed by atoms with Crippen LogP contribution in [0.25, 0.3) is 11.1 Å². The van der Waals surface area contributed by atoms with Crippen LogP contribution in [0.2, 0.25) is 0 Å². The van der Waals surface area contributed by atoms with Gasteiger partial charge in [-0.2, -0.15) is 0 Å². The summed E-state index contributed by atoms with van der Waals surface area (Å²) >= 11 is 0. The molecule has 0 saturated heterocycles. The molecule has 6 aromatic rings. The summed E-state index contributed by atoms with van der Waals surface area (Å²) in [6.07, 6.45) is 11.7. The summed E-state index contributed by atoms with van der Waals surface area (Å²) < 4.78 is 12.2. The number of rotatable bonds is 6. The molecule has 6 nitrogen and oxygen atoms in total. The fourth-order valence-corrected chi connectivity index (χ4v) is 6.31. The van der Waals surface area contributed by atoms with Gasteiger partial charge in [0.05, 0.1) is 16.8 Å². The predicted molar refractivity (Wildman–Crippen MR) is 185 cm³/mol. The van der Waals surface area contributed by atoms with Gasteiger partial charge in [0.25, 0.3) is 0 Å². The monoisotopic (exact) mass is 612 g/mol. The second kappa shape index (κ2) is 11.3. The van der Waals surface area contributed by atoms with Gasteiger partial charge < -0.3 is 31.2 Å². The normalized spacial score (nSPS) is 12.3. The zero-order valence-corrected chi connectivity index (χ0v) is 25.1. The minimum absolute atomic E-state index is 0.00203. The molecule has 0 unspecified atom stereocenters. The fourth-order valence-electron chi connectivity index (χ4n) is 6.31. The smallest absolute Gasteiger partial charge is 0.138 e. The molecule has 47 heavy (non-hydrogen) atoms. The first-order valence-electron chi connectivity index (χ1n) is 14.8. The maximum absolute atomic E-state index is 9.82. The minimum Gasteiger partial charge on any atom is -0.506 e. The van der Waals surface area contributed by atoms with E-state index in [-0.39, 0.29) is 22.9 Å². The summed E-state index contributed by atoms with van der Waals surface area (Å²) in [4.78, 5) is 0. The topological polar surface area (TPSA) is 111 Å². The number of nitrogen functional groups attached to an aromatic ring is 2. The van der Waals surface area contributed by atoms with Gasteiger partial charge in [-0.25, -0.2) is 0 Å². The molecule has 7 rings (SSSR count). The number of anilines is 2. The molecule has 0 aliphatic heterocycles. The van der Waals surface area contributed by atoms with Gasteiger partial charge in [-0.1, -0.05) is 48.2 Å². The van der Waals surface area contributed by atoms with E-state index in [0.717, 1.165) is 44.5 Å². The Morgan fingerprint density at radius 3 is 1.23 bits per heavy atom. The number of hydrogen-bond donors (Lipinski definition) is 4. The van der Waals surface area contributed by atoms with Crippen molar-refractivity contribution in [2.24, 2.45) is 0 Å². The Balaban J connectivity index is 1.38. The Morgan fingerprint density at radius 2 is 0.872 bits per heavy atom. The molecular weight excluding hydrogens is 584 g/mol. The number of hydrogen-bond acceptors (Lipinski definition) is 6. The predicted octanol–water partition coefficient (Wildman–Crippen LogP) is 8.17. The van der Waals surface area contributed by atoms with Crippen LogP contribution in [0.1, 0.15) is 33.4 Å². The van der Waals surface area contributed by atoms with Crippen LogP contribution in [-0.2, 0) is 5.41 Å². The molecule has 0 aromatic heterocycles. The number of terminal acetylenes is 2. The average Bonchev–Trinajstić information content (AvgIpc) is 3.38. The van der Waals surface area contributed by atoms with Crippen molar-refractivity contribution in [3.8, 4) is 70.3 Å². The van der Waals surface area contributed by atoms with Crippen LogP contribution in [0.5, 0.6) is 34.5 Å². The minimum atomic E-state index is -0.742. The van der Waals surface area contributed by atoms with Crippen LogP contribution in [0.15, 0.2) is 121 Å². The highest BCUT2D eigenvalue weighted by Crippen LogP contribution is 2.56. The molecule has 0 fully saturated rings. The molecule has 6 N–H and O–H groups in total. The molecule has 0 atom stereocenters. The van der Waals surface area contributed by atoms with Gasteiger partial charge in [-0.15, -0.1) is 12.8 Å². The first kappa shape index (κ1) is 29.0. The molecule has 1 aliphatic carbocycles. The molecule has 6 heteroatoms. The number of phenolic OH excluding ortho intramolecular Hbond substituents is 2. The van der Waals surface area contributed by atoms with Crippen LogP contribution in [0.3, 0.4) is 0 Å². The fraction of sp³-hybridized carbons (Fsp3) is 0.0244. The van der Waals surface area contributed by atoms with Crippen molar-refractivity contribution < 1.29 is 19.7 Å². The Kier molecular flexibility index (Phi) is 6.97. The van der Waals surface area contributed by atoms with Crippen molar-refractivity contribution in [1.29, 1.82) is 0 Å². The summed E-state index contributed by atoms with van der Waals surface area (Å²) in [6, 6.07) is 37.5. The van der Waals surface area contributed by atoms with E-state index in [1.54, 1.807) is 24.3 Å². The Labute approximate surface area is 272 Å². The van der Waals surface area contributed by atoms with Crippen LogP contribution >= 0.6 is 0 Å². The van der Waals surface area contributed by atoms with Gasteiger partial charge >= 0.3 is 0 Å². The van der Waals surface area contributed by atoms with Gasteiger partial charge in [0.15, 0.2) is 0 Å². The lowest BCUT2D eigenvalue weighted by atomic mass is 9.67. The maximum Gasteiger partial charge on any atom is 0.138 e. The van der Waals surface area contributed by atoms with Crippen molar-refractivity contribution in [3.63, 3.8) is 0 Å². The molecule has 0 spiro atoms. The highest BCUT2D eigenvalue weighted by atomic mass is 16.5. The molecule has 0 amide bonds.